The molecule has 2 saturated carbocycles. The average molecular weight is 267 g/mol. The van der Waals surface area contributed by atoms with Crippen LogP contribution < -0.4 is 5.32 Å². The SMILES string of the molecule is CCNC(CC1CCCC1)C1(OCC)CCCCC1. The van der Waals surface area contributed by atoms with Crippen molar-refractivity contribution < 1.29 is 4.74 Å². The smallest absolute Gasteiger partial charge is 0.0834 e. The first-order valence-electron chi connectivity index (χ1n) is 8.68. The third kappa shape index (κ3) is 3.95. The summed E-state index contributed by atoms with van der Waals surface area (Å²) in [5.41, 5.74) is 0.144. The monoisotopic (exact) mass is 267 g/mol. The van der Waals surface area contributed by atoms with Crippen molar-refractivity contribution >= 4 is 0 Å². The number of likely N-dealkylation sites (N-methyl/N-ethyl adjacent to an activating group) is 1. The summed E-state index contributed by atoms with van der Waals surface area (Å²) in [5, 5.41) is 3.78. The Hall–Kier alpha value is -0.0800. The first-order valence-corrected chi connectivity index (χ1v) is 8.68. The zero-order valence-corrected chi connectivity index (χ0v) is 13.0. The van der Waals surface area contributed by atoms with Crippen LogP contribution in [-0.2, 0) is 4.74 Å². The maximum Gasteiger partial charge on any atom is 0.0834 e. The minimum absolute atomic E-state index is 0.144. The third-order valence-electron chi connectivity index (χ3n) is 5.26. The average Bonchev–Trinajstić information content (AvgIpc) is 2.93. The highest BCUT2D eigenvalue weighted by Gasteiger charge is 2.41. The molecule has 0 heterocycles. The van der Waals surface area contributed by atoms with Gasteiger partial charge in [0.15, 0.2) is 0 Å². The normalized spacial score (nSPS) is 25.6. The summed E-state index contributed by atoms with van der Waals surface area (Å²) in [5.74, 6) is 0.948. The standard InChI is InChI=1S/C17H33NO/c1-3-18-16(14-15-10-6-7-11-15)17(19-4-2)12-8-5-9-13-17/h15-16,18H,3-14H2,1-2H3. The second-order valence-corrected chi connectivity index (χ2v) is 6.55. The van der Waals surface area contributed by atoms with Crippen LogP contribution in [0.25, 0.3) is 0 Å². The number of nitrogens with one attached hydrogen (secondary N) is 1. The van der Waals surface area contributed by atoms with Gasteiger partial charge in [-0.2, -0.15) is 0 Å². The lowest BCUT2D eigenvalue weighted by molar-refractivity contribution is -0.0938. The van der Waals surface area contributed by atoms with Gasteiger partial charge in [-0.3, -0.25) is 0 Å². The molecule has 1 atom stereocenters. The van der Waals surface area contributed by atoms with Gasteiger partial charge >= 0.3 is 0 Å². The van der Waals surface area contributed by atoms with E-state index in [0.717, 1.165) is 19.1 Å². The van der Waals surface area contributed by atoms with Crippen molar-refractivity contribution in [2.75, 3.05) is 13.2 Å². The van der Waals surface area contributed by atoms with Crippen LogP contribution in [0, 0.1) is 5.92 Å². The van der Waals surface area contributed by atoms with E-state index in [-0.39, 0.29) is 5.60 Å². The van der Waals surface area contributed by atoms with E-state index in [1.165, 1.54) is 64.2 Å². The Morgan fingerprint density at radius 2 is 1.74 bits per heavy atom. The Balaban J connectivity index is 2.03. The fraction of sp³-hybridized carbons (Fsp3) is 1.00. The quantitative estimate of drug-likeness (QED) is 0.743. The Bertz CT molecular complexity index is 236. The lowest BCUT2D eigenvalue weighted by Crippen LogP contribution is -2.54. The summed E-state index contributed by atoms with van der Waals surface area (Å²) in [6.07, 6.45) is 13.8. The molecule has 0 aromatic rings. The summed E-state index contributed by atoms with van der Waals surface area (Å²) >= 11 is 0. The fourth-order valence-corrected chi connectivity index (χ4v) is 4.34. The molecule has 2 heteroatoms. The number of rotatable bonds is 7. The van der Waals surface area contributed by atoms with Crippen LogP contribution >= 0.6 is 0 Å². The summed E-state index contributed by atoms with van der Waals surface area (Å²) < 4.78 is 6.33. The van der Waals surface area contributed by atoms with Crippen LogP contribution in [0.3, 0.4) is 0 Å². The molecule has 0 spiro atoms. The van der Waals surface area contributed by atoms with Gasteiger partial charge in [0.1, 0.15) is 0 Å². The Kier molecular flexibility index (Phi) is 6.15. The molecule has 0 amide bonds. The predicted molar refractivity (Wildman–Crippen MR) is 81.5 cm³/mol. The highest BCUT2D eigenvalue weighted by atomic mass is 16.5. The number of ether oxygens (including phenoxy) is 1. The molecule has 19 heavy (non-hydrogen) atoms. The van der Waals surface area contributed by atoms with Gasteiger partial charge in [-0.25, -0.2) is 0 Å². The van der Waals surface area contributed by atoms with E-state index in [2.05, 4.69) is 19.2 Å². The first-order chi connectivity index (χ1) is 9.30. The first kappa shape index (κ1) is 15.3. The zero-order valence-electron chi connectivity index (χ0n) is 13.0. The van der Waals surface area contributed by atoms with Crippen molar-refractivity contribution in [3.63, 3.8) is 0 Å². The largest absolute Gasteiger partial charge is 0.374 e. The molecular formula is C17H33NO. The van der Waals surface area contributed by atoms with Crippen molar-refractivity contribution in [3.8, 4) is 0 Å². The van der Waals surface area contributed by atoms with Crippen molar-refractivity contribution in [1.29, 1.82) is 0 Å². The Morgan fingerprint density at radius 3 is 2.32 bits per heavy atom. The van der Waals surface area contributed by atoms with E-state index in [0.29, 0.717) is 6.04 Å². The fourth-order valence-electron chi connectivity index (χ4n) is 4.34. The van der Waals surface area contributed by atoms with E-state index in [9.17, 15) is 0 Å². The van der Waals surface area contributed by atoms with E-state index < -0.39 is 0 Å². The van der Waals surface area contributed by atoms with Crippen molar-refractivity contribution in [2.24, 2.45) is 5.92 Å². The topological polar surface area (TPSA) is 21.3 Å². The molecule has 0 bridgehead atoms. The molecule has 2 fully saturated rings. The molecule has 2 aliphatic carbocycles. The molecule has 2 nitrogen and oxygen atoms in total. The number of hydrogen-bond donors (Lipinski definition) is 1. The molecule has 1 unspecified atom stereocenters. The van der Waals surface area contributed by atoms with E-state index in [4.69, 9.17) is 4.74 Å². The van der Waals surface area contributed by atoms with Gasteiger partial charge < -0.3 is 10.1 Å². The molecule has 0 aromatic heterocycles. The summed E-state index contributed by atoms with van der Waals surface area (Å²) in [7, 11) is 0. The van der Waals surface area contributed by atoms with Crippen LogP contribution in [0.5, 0.6) is 0 Å². The van der Waals surface area contributed by atoms with Crippen LogP contribution in [-0.4, -0.2) is 24.8 Å². The lowest BCUT2D eigenvalue weighted by Gasteiger charge is -2.44. The molecular weight excluding hydrogens is 234 g/mol. The molecule has 1 N–H and O–H groups in total. The number of hydrogen-bond acceptors (Lipinski definition) is 2. The van der Waals surface area contributed by atoms with Crippen LogP contribution in [0.1, 0.15) is 78.1 Å². The summed E-state index contributed by atoms with van der Waals surface area (Å²) in [6, 6.07) is 0.584. The van der Waals surface area contributed by atoms with Crippen LogP contribution in [0.15, 0.2) is 0 Å². The maximum atomic E-state index is 6.33. The van der Waals surface area contributed by atoms with Gasteiger partial charge in [-0.1, -0.05) is 51.9 Å². The van der Waals surface area contributed by atoms with E-state index >= 15 is 0 Å². The molecule has 0 aromatic carbocycles. The summed E-state index contributed by atoms with van der Waals surface area (Å²) in [6.45, 7) is 6.35. The van der Waals surface area contributed by atoms with Crippen LogP contribution in [0.4, 0.5) is 0 Å². The molecule has 0 saturated heterocycles. The van der Waals surface area contributed by atoms with Crippen molar-refractivity contribution in [3.05, 3.63) is 0 Å². The molecule has 2 rings (SSSR count). The van der Waals surface area contributed by atoms with Gasteiger partial charge in [-0.15, -0.1) is 0 Å². The highest BCUT2D eigenvalue weighted by molar-refractivity contribution is 4.96. The van der Waals surface area contributed by atoms with Crippen molar-refractivity contribution in [2.45, 2.75) is 89.7 Å². The van der Waals surface area contributed by atoms with Gasteiger partial charge in [0, 0.05) is 12.6 Å². The summed E-state index contributed by atoms with van der Waals surface area (Å²) in [4.78, 5) is 0. The molecule has 112 valence electrons. The maximum absolute atomic E-state index is 6.33. The Morgan fingerprint density at radius 1 is 1.05 bits per heavy atom. The van der Waals surface area contributed by atoms with Gasteiger partial charge in [0.2, 0.25) is 0 Å². The minimum atomic E-state index is 0.144. The van der Waals surface area contributed by atoms with Gasteiger partial charge in [0.05, 0.1) is 5.60 Å². The van der Waals surface area contributed by atoms with E-state index in [1.54, 1.807) is 0 Å². The van der Waals surface area contributed by atoms with Gasteiger partial charge in [-0.05, 0) is 38.6 Å². The molecule has 0 aliphatic heterocycles. The van der Waals surface area contributed by atoms with Crippen LogP contribution in [0.2, 0.25) is 0 Å². The minimum Gasteiger partial charge on any atom is -0.374 e. The third-order valence-corrected chi connectivity index (χ3v) is 5.26. The lowest BCUT2D eigenvalue weighted by atomic mass is 9.76. The molecule has 0 radical (unpaired) electrons. The van der Waals surface area contributed by atoms with Crippen molar-refractivity contribution in [1.82, 2.24) is 5.32 Å². The zero-order chi connectivity index (χ0) is 13.6. The van der Waals surface area contributed by atoms with Gasteiger partial charge in [0.25, 0.3) is 0 Å². The van der Waals surface area contributed by atoms with E-state index in [1.807, 2.05) is 0 Å². The predicted octanol–water partition coefficient (Wildman–Crippen LogP) is 4.28. The highest BCUT2D eigenvalue weighted by Crippen LogP contribution is 2.39. The Labute approximate surface area is 119 Å². The second kappa shape index (κ2) is 7.64. The molecule has 2 aliphatic rings. The second-order valence-electron chi connectivity index (χ2n) is 6.55.